The Morgan fingerprint density at radius 1 is 1.19 bits per heavy atom. The number of nitrogens with one attached hydrogen (secondary N) is 3. The predicted molar refractivity (Wildman–Crippen MR) is 58.6 cm³/mol. The summed E-state index contributed by atoms with van der Waals surface area (Å²) in [5.41, 5.74) is 5.09. The number of anilines is 1. The molecule has 0 spiro atoms. The van der Waals surface area contributed by atoms with E-state index in [1.54, 1.807) is 12.1 Å². The number of carbonyl (C=O) groups excluding carboxylic acids is 2. The van der Waals surface area contributed by atoms with Crippen LogP contribution in [0.5, 0.6) is 5.75 Å². The maximum absolute atomic E-state index is 11.2. The van der Waals surface area contributed by atoms with Gasteiger partial charge >= 0.3 is 0 Å². The Hall–Kier alpha value is -2.24. The van der Waals surface area contributed by atoms with Gasteiger partial charge in [-0.3, -0.25) is 20.4 Å². The number of aromatic hydroxyl groups is 1. The average molecular weight is 223 g/mol. The largest absolute Gasteiger partial charge is 0.508 e. The maximum Gasteiger partial charge on any atom is 0.257 e. The van der Waals surface area contributed by atoms with Gasteiger partial charge in [-0.05, 0) is 24.3 Å². The van der Waals surface area contributed by atoms with Crippen LogP contribution < -0.4 is 16.2 Å². The minimum absolute atomic E-state index is 0.0328. The minimum Gasteiger partial charge on any atom is -0.508 e. The molecule has 0 aliphatic heterocycles. The first-order valence-corrected chi connectivity index (χ1v) is 4.66. The molecule has 4 N–H and O–H groups in total. The van der Waals surface area contributed by atoms with Crippen LogP contribution in [0.4, 0.5) is 5.69 Å². The van der Waals surface area contributed by atoms with Crippen LogP contribution in [-0.4, -0.2) is 23.5 Å². The lowest BCUT2D eigenvalue weighted by Crippen LogP contribution is -2.43. The highest BCUT2D eigenvalue weighted by atomic mass is 16.3. The zero-order chi connectivity index (χ0) is 12.0. The summed E-state index contributed by atoms with van der Waals surface area (Å²) in [4.78, 5) is 21.6. The standard InChI is InChI=1S/C10H13N3O3/c1-7(14)12-13-10(16)6-11-8-2-4-9(15)5-3-8/h2-5,11,15H,6H2,1H3,(H,12,14)(H,13,16). The Morgan fingerprint density at radius 3 is 2.38 bits per heavy atom. The molecule has 0 fully saturated rings. The van der Waals surface area contributed by atoms with E-state index in [0.29, 0.717) is 5.69 Å². The summed E-state index contributed by atoms with van der Waals surface area (Å²) in [7, 11) is 0. The molecule has 0 aliphatic carbocycles. The van der Waals surface area contributed by atoms with Gasteiger partial charge < -0.3 is 10.4 Å². The smallest absolute Gasteiger partial charge is 0.257 e. The second kappa shape index (κ2) is 5.59. The van der Waals surface area contributed by atoms with Crippen molar-refractivity contribution in [2.75, 3.05) is 11.9 Å². The van der Waals surface area contributed by atoms with Gasteiger partial charge in [0.2, 0.25) is 5.91 Å². The molecule has 0 saturated carbocycles. The Morgan fingerprint density at radius 2 is 1.81 bits per heavy atom. The fourth-order valence-corrected chi connectivity index (χ4v) is 0.964. The fraction of sp³-hybridized carbons (Fsp3) is 0.200. The van der Waals surface area contributed by atoms with E-state index in [4.69, 9.17) is 5.11 Å². The monoisotopic (exact) mass is 223 g/mol. The summed E-state index contributed by atoms with van der Waals surface area (Å²) in [5, 5.41) is 11.8. The first kappa shape index (κ1) is 11.8. The third kappa shape index (κ3) is 4.32. The third-order valence-electron chi connectivity index (χ3n) is 1.70. The van der Waals surface area contributed by atoms with E-state index in [2.05, 4.69) is 16.2 Å². The SMILES string of the molecule is CC(=O)NNC(=O)CNc1ccc(O)cc1. The molecule has 0 unspecified atom stereocenters. The summed E-state index contributed by atoms with van der Waals surface area (Å²) < 4.78 is 0. The lowest BCUT2D eigenvalue weighted by atomic mass is 10.3. The maximum atomic E-state index is 11.2. The molecule has 0 aliphatic rings. The molecular weight excluding hydrogens is 210 g/mol. The number of hydrazine groups is 1. The van der Waals surface area contributed by atoms with Crippen molar-refractivity contribution in [3.8, 4) is 5.75 Å². The van der Waals surface area contributed by atoms with Crippen LogP contribution in [0.1, 0.15) is 6.92 Å². The van der Waals surface area contributed by atoms with E-state index in [1.807, 2.05) is 0 Å². The second-order valence-corrected chi connectivity index (χ2v) is 3.13. The van der Waals surface area contributed by atoms with Crippen molar-refractivity contribution in [1.29, 1.82) is 0 Å². The quantitative estimate of drug-likeness (QED) is 0.428. The first-order valence-electron chi connectivity index (χ1n) is 4.66. The topological polar surface area (TPSA) is 90.5 Å². The van der Waals surface area contributed by atoms with Gasteiger partial charge in [0.05, 0.1) is 6.54 Å². The Labute approximate surface area is 92.6 Å². The summed E-state index contributed by atoms with van der Waals surface area (Å²) in [6.45, 7) is 1.33. The molecule has 6 heteroatoms. The fourth-order valence-electron chi connectivity index (χ4n) is 0.964. The van der Waals surface area contributed by atoms with Crippen LogP contribution in [0.3, 0.4) is 0 Å². The third-order valence-corrected chi connectivity index (χ3v) is 1.70. The average Bonchev–Trinajstić information content (AvgIpc) is 2.25. The van der Waals surface area contributed by atoms with Crippen molar-refractivity contribution in [2.24, 2.45) is 0 Å². The molecule has 1 aromatic rings. The highest BCUT2D eigenvalue weighted by molar-refractivity contribution is 5.83. The van der Waals surface area contributed by atoms with Crippen LogP contribution in [0.25, 0.3) is 0 Å². The molecule has 1 rings (SSSR count). The summed E-state index contributed by atoms with van der Waals surface area (Å²) in [6.07, 6.45) is 0. The molecule has 1 aromatic carbocycles. The number of phenolic OH excluding ortho intramolecular Hbond substituents is 1. The number of rotatable bonds is 3. The van der Waals surface area contributed by atoms with Gasteiger partial charge in [0.25, 0.3) is 5.91 Å². The highest BCUT2D eigenvalue weighted by Crippen LogP contribution is 2.12. The number of hydrogen-bond donors (Lipinski definition) is 4. The van der Waals surface area contributed by atoms with Gasteiger partial charge in [-0.1, -0.05) is 0 Å². The van der Waals surface area contributed by atoms with E-state index in [0.717, 1.165) is 0 Å². The zero-order valence-electron chi connectivity index (χ0n) is 8.78. The van der Waals surface area contributed by atoms with Crippen molar-refractivity contribution in [1.82, 2.24) is 10.9 Å². The minimum atomic E-state index is -0.358. The molecule has 0 saturated heterocycles. The Bertz CT molecular complexity index is 375. The van der Waals surface area contributed by atoms with E-state index < -0.39 is 0 Å². The van der Waals surface area contributed by atoms with Crippen molar-refractivity contribution < 1.29 is 14.7 Å². The van der Waals surface area contributed by atoms with E-state index >= 15 is 0 Å². The highest BCUT2D eigenvalue weighted by Gasteiger charge is 2.00. The van der Waals surface area contributed by atoms with Crippen molar-refractivity contribution in [2.45, 2.75) is 6.92 Å². The van der Waals surface area contributed by atoms with E-state index in [9.17, 15) is 9.59 Å². The predicted octanol–water partition coefficient (Wildman–Crippen LogP) is -0.0286. The van der Waals surface area contributed by atoms with Gasteiger partial charge in [0.15, 0.2) is 0 Å². The van der Waals surface area contributed by atoms with E-state index in [1.165, 1.54) is 19.1 Å². The van der Waals surface area contributed by atoms with E-state index in [-0.39, 0.29) is 24.1 Å². The van der Waals surface area contributed by atoms with Crippen LogP contribution in [-0.2, 0) is 9.59 Å². The van der Waals surface area contributed by atoms with Crippen LogP contribution >= 0.6 is 0 Å². The van der Waals surface area contributed by atoms with Gasteiger partial charge in [-0.2, -0.15) is 0 Å². The lowest BCUT2D eigenvalue weighted by Gasteiger charge is -2.07. The molecule has 2 amide bonds. The number of phenols is 1. The molecule has 0 aromatic heterocycles. The number of amides is 2. The second-order valence-electron chi connectivity index (χ2n) is 3.13. The first-order chi connectivity index (χ1) is 7.58. The molecule has 16 heavy (non-hydrogen) atoms. The molecule has 0 heterocycles. The summed E-state index contributed by atoms with van der Waals surface area (Å²) >= 11 is 0. The lowest BCUT2D eigenvalue weighted by molar-refractivity contribution is -0.126. The number of hydrogen-bond acceptors (Lipinski definition) is 4. The van der Waals surface area contributed by atoms with Crippen molar-refractivity contribution in [3.63, 3.8) is 0 Å². The van der Waals surface area contributed by atoms with Gasteiger partial charge in [0, 0.05) is 12.6 Å². The van der Waals surface area contributed by atoms with Crippen LogP contribution in [0, 0.1) is 0 Å². The number of benzene rings is 1. The van der Waals surface area contributed by atoms with Gasteiger partial charge in [-0.15, -0.1) is 0 Å². The summed E-state index contributed by atoms with van der Waals surface area (Å²) in [6, 6.07) is 6.30. The van der Waals surface area contributed by atoms with Gasteiger partial charge in [0.1, 0.15) is 5.75 Å². The summed E-state index contributed by atoms with van der Waals surface area (Å²) in [5.74, 6) is -0.533. The van der Waals surface area contributed by atoms with Crippen LogP contribution in [0.2, 0.25) is 0 Å². The molecule has 0 bridgehead atoms. The van der Waals surface area contributed by atoms with Crippen molar-refractivity contribution >= 4 is 17.5 Å². The normalized spacial score (nSPS) is 9.31. The Kier molecular flexibility index (Phi) is 4.14. The molecule has 0 radical (unpaired) electrons. The molecule has 0 atom stereocenters. The number of carbonyl (C=O) groups is 2. The van der Waals surface area contributed by atoms with Crippen LogP contribution in [0.15, 0.2) is 24.3 Å². The van der Waals surface area contributed by atoms with Crippen molar-refractivity contribution in [3.05, 3.63) is 24.3 Å². The zero-order valence-corrected chi connectivity index (χ0v) is 8.78. The Balaban J connectivity index is 2.31. The van der Waals surface area contributed by atoms with Gasteiger partial charge in [-0.25, -0.2) is 0 Å². The molecule has 86 valence electrons. The molecular formula is C10H13N3O3. The molecule has 6 nitrogen and oxygen atoms in total.